The maximum atomic E-state index is 10.9. The number of ether oxygens (including phenoxy) is 1. The predicted octanol–water partition coefficient (Wildman–Crippen LogP) is 2.34. The molecule has 0 saturated heterocycles. The minimum atomic E-state index is 0.205. The third kappa shape index (κ3) is 7.48. The molecule has 0 aromatic rings. The van der Waals surface area contributed by atoms with E-state index >= 15 is 0 Å². The molecule has 0 aliphatic carbocycles. The second-order valence-corrected chi connectivity index (χ2v) is 2.77. The molecule has 2 heteroatoms. The maximum Gasteiger partial charge on any atom is 0.158 e. The Hall–Kier alpha value is -0.630. The summed E-state index contributed by atoms with van der Waals surface area (Å²) in [6, 6.07) is 0. The Labute approximate surface area is 74.6 Å². The molecule has 0 bridgehead atoms. The van der Waals surface area contributed by atoms with Gasteiger partial charge in [0.2, 0.25) is 0 Å². The Morgan fingerprint density at radius 2 is 2.33 bits per heavy atom. The Bertz CT molecular complexity index is 130. The van der Waals surface area contributed by atoms with Crippen LogP contribution in [-0.2, 0) is 9.53 Å². The number of carbonyl (C=O) groups is 1. The maximum absolute atomic E-state index is 10.9. The summed E-state index contributed by atoms with van der Waals surface area (Å²) in [5.74, 6) is 0.205. The van der Waals surface area contributed by atoms with Gasteiger partial charge in [-0.15, -0.1) is 6.58 Å². The van der Waals surface area contributed by atoms with Gasteiger partial charge >= 0.3 is 0 Å². The van der Waals surface area contributed by atoms with Gasteiger partial charge < -0.3 is 4.74 Å². The number of ketones is 1. The first-order valence-corrected chi connectivity index (χ1v) is 4.51. The molecular weight excluding hydrogens is 152 g/mol. The van der Waals surface area contributed by atoms with Gasteiger partial charge in [-0.3, -0.25) is 4.79 Å². The van der Waals surface area contributed by atoms with Crippen molar-refractivity contribution in [2.24, 2.45) is 0 Å². The molecule has 0 radical (unpaired) electrons. The minimum Gasteiger partial charge on any atom is -0.374 e. The Morgan fingerprint density at radius 1 is 1.58 bits per heavy atom. The zero-order valence-corrected chi connectivity index (χ0v) is 7.84. The highest BCUT2D eigenvalue weighted by Gasteiger charge is 1.98. The van der Waals surface area contributed by atoms with Gasteiger partial charge in [0.1, 0.15) is 6.61 Å². The Balaban J connectivity index is 3.08. The SMILES string of the molecule is C=CCCCOCC(=O)CCC. The number of hydrogen-bond acceptors (Lipinski definition) is 2. The lowest BCUT2D eigenvalue weighted by Crippen LogP contribution is -2.08. The first kappa shape index (κ1) is 11.4. The fourth-order valence-electron chi connectivity index (χ4n) is 0.867. The van der Waals surface area contributed by atoms with Gasteiger partial charge in [0.15, 0.2) is 5.78 Å². The number of carbonyl (C=O) groups excluding carboxylic acids is 1. The topological polar surface area (TPSA) is 26.3 Å². The molecule has 0 aliphatic rings. The van der Waals surface area contributed by atoms with Gasteiger partial charge in [0, 0.05) is 13.0 Å². The van der Waals surface area contributed by atoms with Gasteiger partial charge in [-0.1, -0.05) is 13.0 Å². The van der Waals surface area contributed by atoms with Crippen LogP contribution in [0.25, 0.3) is 0 Å². The number of hydrogen-bond donors (Lipinski definition) is 0. The number of allylic oxidation sites excluding steroid dienone is 1. The molecule has 0 amide bonds. The van der Waals surface area contributed by atoms with E-state index in [1.54, 1.807) is 0 Å². The van der Waals surface area contributed by atoms with Crippen LogP contribution < -0.4 is 0 Å². The average Bonchev–Trinajstić information content (AvgIpc) is 2.05. The average molecular weight is 170 g/mol. The Kier molecular flexibility index (Phi) is 8.02. The molecule has 0 aliphatic heterocycles. The summed E-state index contributed by atoms with van der Waals surface area (Å²) in [4.78, 5) is 10.9. The summed E-state index contributed by atoms with van der Waals surface area (Å²) in [5, 5.41) is 0. The molecule has 0 saturated carbocycles. The lowest BCUT2D eigenvalue weighted by Gasteiger charge is -2.00. The van der Waals surface area contributed by atoms with Crippen molar-refractivity contribution < 1.29 is 9.53 Å². The van der Waals surface area contributed by atoms with Crippen molar-refractivity contribution in [1.29, 1.82) is 0 Å². The summed E-state index contributed by atoms with van der Waals surface area (Å²) < 4.78 is 5.15. The monoisotopic (exact) mass is 170 g/mol. The number of unbranched alkanes of at least 4 members (excludes halogenated alkanes) is 1. The summed E-state index contributed by atoms with van der Waals surface area (Å²) in [5.41, 5.74) is 0. The second-order valence-electron chi connectivity index (χ2n) is 2.77. The standard InChI is InChI=1S/C10H18O2/c1-3-5-6-8-12-9-10(11)7-4-2/h3H,1,4-9H2,2H3. The molecule has 0 rings (SSSR count). The normalized spacial score (nSPS) is 9.75. The first-order valence-electron chi connectivity index (χ1n) is 4.51. The fourth-order valence-corrected chi connectivity index (χ4v) is 0.867. The van der Waals surface area contributed by atoms with Crippen molar-refractivity contribution in [3.63, 3.8) is 0 Å². The van der Waals surface area contributed by atoms with Crippen molar-refractivity contribution in [2.45, 2.75) is 32.6 Å². The number of rotatable bonds is 8. The third-order valence-corrected chi connectivity index (χ3v) is 1.49. The van der Waals surface area contributed by atoms with Crippen LogP contribution in [0.5, 0.6) is 0 Å². The second kappa shape index (κ2) is 8.47. The van der Waals surface area contributed by atoms with Gasteiger partial charge in [-0.25, -0.2) is 0 Å². The van der Waals surface area contributed by atoms with Crippen molar-refractivity contribution in [3.8, 4) is 0 Å². The fraction of sp³-hybridized carbons (Fsp3) is 0.700. The van der Waals surface area contributed by atoms with Gasteiger partial charge in [-0.05, 0) is 19.3 Å². The summed E-state index contributed by atoms with van der Waals surface area (Å²) in [7, 11) is 0. The zero-order chi connectivity index (χ0) is 9.23. The van der Waals surface area contributed by atoms with Crippen molar-refractivity contribution in [2.75, 3.05) is 13.2 Å². The van der Waals surface area contributed by atoms with Crippen LogP contribution >= 0.6 is 0 Å². The smallest absolute Gasteiger partial charge is 0.158 e. The van der Waals surface area contributed by atoms with Crippen LogP contribution in [0.2, 0.25) is 0 Å². The summed E-state index contributed by atoms with van der Waals surface area (Å²) >= 11 is 0. The van der Waals surface area contributed by atoms with E-state index in [1.807, 2.05) is 13.0 Å². The molecule has 0 N–H and O–H groups in total. The molecule has 12 heavy (non-hydrogen) atoms. The third-order valence-electron chi connectivity index (χ3n) is 1.49. The van der Waals surface area contributed by atoms with Crippen molar-refractivity contribution >= 4 is 5.78 Å². The Morgan fingerprint density at radius 3 is 2.92 bits per heavy atom. The molecule has 0 spiro atoms. The van der Waals surface area contributed by atoms with Crippen LogP contribution in [0, 0.1) is 0 Å². The predicted molar refractivity (Wildman–Crippen MR) is 50.2 cm³/mol. The van der Waals surface area contributed by atoms with E-state index in [0.717, 1.165) is 19.3 Å². The molecule has 0 aromatic heterocycles. The molecule has 2 nitrogen and oxygen atoms in total. The van der Waals surface area contributed by atoms with Crippen LogP contribution in [0.1, 0.15) is 32.6 Å². The van der Waals surface area contributed by atoms with Gasteiger partial charge in [0.05, 0.1) is 0 Å². The molecule has 0 fully saturated rings. The highest BCUT2D eigenvalue weighted by Crippen LogP contribution is 1.93. The largest absolute Gasteiger partial charge is 0.374 e. The number of Topliss-reactive ketones (excluding diaryl/α,β-unsaturated/α-hetero) is 1. The molecule has 70 valence electrons. The van der Waals surface area contributed by atoms with E-state index in [2.05, 4.69) is 6.58 Å². The van der Waals surface area contributed by atoms with Gasteiger partial charge in [0.25, 0.3) is 0 Å². The van der Waals surface area contributed by atoms with Gasteiger partial charge in [-0.2, -0.15) is 0 Å². The van der Waals surface area contributed by atoms with E-state index in [4.69, 9.17) is 4.74 Å². The lowest BCUT2D eigenvalue weighted by molar-refractivity contribution is -0.123. The van der Waals surface area contributed by atoms with Crippen LogP contribution in [0.4, 0.5) is 0 Å². The summed E-state index contributed by atoms with van der Waals surface area (Å²) in [6.45, 7) is 6.55. The molecule has 0 unspecified atom stereocenters. The molecule has 0 aromatic carbocycles. The van der Waals surface area contributed by atoms with Crippen LogP contribution in [0.15, 0.2) is 12.7 Å². The van der Waals surface area contributed by atoms with Crippen LogP contribution in [0.3, 0.4) is 0 Å². The van der Waals surface area contributed by atoms with E-state index in [0.29, 0.717) is 13.0 Å². The quantitative estimate of drug-likeness (QED) is 0.413. The van der Waals surface area contributed by atoms with E-state index in [-0.39, 0.29) is 12.4 Å². The van der Waals surface area contributed by atoms with E-state index in [9.17, 15) is 4.79 Å². The van der Waals surface area contributed by atoms with Crippen molar-refractivity contribution in [3.05, 3.63) is 12.7 Å². The molecule has 0 heterocycles. The lowest BCUT2D eigenvalue weighted by atomic mass is 10.2. The first-order chi connectivity index (χ1) is 5.81. The highest BCUT2D eigenvalue weighted by molar-refractivity contribution is 5.79. The van der Waals surface area contributed by atoms with E-state index < -0.39 is 0 Å². The molecule has 0 atom stereocenters. The van der Waals surface area contributed by atoms with Crippen LogP contribution in [-0.4, -0.2) is 19.0 Å². The minimum absolute atomic E-state index is 0.205. The molecular formula is C10H18O2. The van der Waals surface area contributed by atoms with E-state index in [1.165, 1.54) is 0 Å². The summed E-state index contributed by atoms with van der Waals surface area (Å²) in [6.07, 6.45) is 5.33. The zero-order valence-electron chi connectivity index (χ0n) is 7.84. The van der Waals surface area contributed by atoms with Crippen molar-refractivity contribution in [1.82, 2.24) is 0 Å². The highest BCUT2D eigenvalue weighted by atomic mass is 16.5.